The molecular formula is C26H30O9S3. The summed E-state index contributed by atoms with van der Waals surface area (Å²) in [4.78, 5) is -0.00659. The van der Waals surface area contributed by atoms with Crippen LogP contribution in [-0.2, 0) is 42.9 Å². The van der Waals surface area contributed by atoms with E-state index >= 15 is 0 Å². The third kappa shape index (κ3) is 9.29. The summed E-state index contributed by atoms with van der Waals surface area (Å²) in [6.07, 6.45) is 1.36. The van der Waals surface area contributed by atoms with Crippen LogP contribution in [0.4, 0.5) is 0 Å². The highest BCUT2D eigenvalue weighted by molar-refractivity contribution is 7.87. The summed E-state index contributed by atoms with van der Waals surface area (Å²) in [6.45, 7) is -0.473. The second-order valence-electron chi connectivity index (χ2n) is 8.33. The lowest BCUT2D eigenvalue weighted by Gasteiger charge is -2.18. The summed E-state index contributed by atoms with van der Waals surface area (Å²) in [7, 11) is -12.1. The first-order valence-electron chi connectivity index (χ1n) is 12.0. The zero-order valence-corrected chi connectivity index (χ0v) is 23.0. The molecule has 0 saturated heterocycles. The van der Waals surface area contributed by atoms with E-state index in [1.165, 1.54) is 36.4 Å². The molecule has 0 N–H and O–H groups in total. The van der Waals surface area contributed by atoms with E-state index in [1.807, 2.05) is 0 Å². The van der Waals surface area contributed by atoms with E-state index in [4.69, 9.17) is 12.5 Å². The topological polar surface area (TPSA) is 130 Å². The van der Waals surface area contributed by atoms with Crippen LogP contribution in [0, 0.1) is 0 Å². The molecule has 9 nitrogen and oxygen atoms in total. The molecule has 0 heterocycles. The normalized spacial score (nSPS) is 13.3. The summed E-state index contributed by atoms with van der Waals surface area (Å²) in [5.74, 6) is 0. The number of hydrogen-bond donors (Lipinski definition) is 0. The lowest BCUT2D eigenvalue weighted by molar-refractivity contribution is 0.127. The highest BCUT2D eigenvalue weighted by Crippen LogP contribution is 2.20. The van der Waals surface area contributed by atoms with E-state index < -0.39 is 43.1 Å². The molecule has 0 aliphatic carbocycles. The highest BCUT2D eigenvalue weighted by Gasteiger charge is 2.25. The minimum atomic E-state index is -4.15. The lowest BCUT2D eigenvalue weighted by atomic mass is 10.1. The van der Waals surface area contributed by atoms with E-state index in [9.17, 15) is 25.3 Å². The first kappa shape index (κ1) is 29.9. The van der Waals surface area contributed by atoms with Gasteiger partial charge in [-0.05, 0) is 49.2 Å². The predicted octanol–water partition coefficient (Wildman–Crippen LogP) is 4.52. The third-order valence-corrected chi connectivity index (χ3v) is 9.42. The first-order valence-corrected chi connectivity index (χ1v) is 16.2. The summed E-state index contributed by atoms with van der Waals surface area (Å²) >= 11 is 0. The smallest absolute Gasteiger partial charge is 0.266 e. The van der Waals surface area contributed by atoms with Gasteiger partial charge in [0.1, 0.15) is 6.10 Å². The van der Waals surface area contributed by atoms with Crippen molar-refractivity contribution in [2.75, 3.05) is 13.2 Å². The van der Waals surface area contributed by atoms with Crippen molar-refractivity contribution in [3.05, 3.63) is 91.0 Å². The molecule has 0 radical (unpaired) electrons. The molecule has 0 spiro atoms. The zero-order valence-electron chi connectivity index (χ0n) is 20.6. The fraction of sp³-hybridized carbons (Fsp3) is 0.308. The second-order valence-corrected chi connectivity index (χ2v) is 13.1. The van der Waals surface area contributed by atoms with Gasteiger partial charge in [0.05, 0.1) is 27.9 Å². The molecule has 0 aliphatic rings. The van der Waals surface area contributed by atoms with Gasteiger partial charge < -0.3 is 0 Å². The van der Waals surface area contributed by atoms with Crippen molar-refractivity contribution >= 4 is 30.4 Å². The van der Waals surface area contributed by atoms with Crippen LogP contribution < -0.4 is 0 Å². The van der Waals surface area contributed by atoms with Gasteiger partial charge in [0.25, 0.3) is 30.4 Å². The molecule has 12 heteroatoms. The van der Waals surface area contributed by atoms with Crippen molar-refractivity contribution in [1.82, 2.24) is 0 Å². The fourth-order valence-electron chi connectivity index (χ4n) is 3.45. The van der Waals surface area contributed by atoms with Crippen molar-refractivity contribution < 1.29 is 37.8 Å². The Morgan fingerprint density at radius 1 is 0.500 bits per heavy atom. The van der Waals surface area contributed by atoms with Crippen LogP contribution in [0.15, 0.2) is 106 Å². The molecular weight excluding hydrogens is 552 g/mol. The summed E-state index contributed by atoms with van der Waals surface area (Å²) in [5, 5.41) is 0. The molecule has 0 fully saturated rings. The Labute approximate surface area is 224 Å². The summed E-state index contributed by atoms with van der Waals surface area (Å²) in [5.41, 5.74) is 0. The second kappa shape index (κ2) is 14.0. The van der Waals surface area contributed by atoms with Gasteiger partial charge in [0.2, 0.25) is 0 Å². The van der Waals surface area contributed by atoms with Gasteiger partial charge in [0, 0.05) is 0 Å². The third-order valence-electron chi connectivity index (χ3n) is 5.43. The van der Waals surface area contributed by atoms with E-state index in [0.29, 0.717) is 25.7 Å². The maximum atomic E-state index is 12.7. The minimum Gasteiger partial charge on any atom is -0.266 e. The largest absolute Gasteiger partial charge is 0.297 e. The van der Waals surface area contributed by atoms with Gasteiger partial charge in [-0.15, -0.1) is 0 Å². The van der Waals surface area contributed by atoms with Crippen LogP contribution in [0.5, 0.6) is 0 Å². The Morgan fingerprint density at radius 3 is 1.42 bits per heavy atom. The molecule has 3 aromatic carbocycles. The van der Waals surface area contributed by atoms with Gasteiger partial charge in [-0.25, -0.2) is 0 Å². The Hall–Kier alpha value is -2.61. The molecule has 0 amide bonds. The van der Waals surface area contributed by atoms with Crippen LogP contribution in [0.1, 0.15) is 32.1 Å². The highest BCUT2D eigenvalue weighted by atomic mass is 32.2. The van der Waals surface area contributed by atoms with Crippen LogP contribution in [-0.4, -0.2) is 44.6 Å². The van der Waals surface area contributed by atoms with Crippen molar-refractivity contribution in [3.63, 3.8) is 0 Å². The maximum absolute atomic E-state index is 12.7. The van der Waals surface area contributed by atoms with Crippen LogP contribution in [0.3, 0.4) is 0 Å². The van der Waals surface area contributed by atoms with E-state index in [2.05, 4.69) is 0 Å². The van der Waals surface area contributed by atoms with Crippen molar-refractivity contribution in [3.8, 4) is 0 Å². The summed E-state index contributed by atoms with van der Waals surface area (Å²) < 4.78 is 90.3. The van der Waals surface area contributed by atoms with E-state index in [-0.39, 0.29) is 27.7 Å². The Bertz CT molecular complexity index is 1440. The van der Waals surface area contributed by atoms with Crippen LogP contribution in [0.2, 0.25) is 0 Å². The molecule has 38 heavy (non-hydrogen) atoms. The maximum Gasteiger partial charge on any atom is 0.297 e. The standard InChI is InChI=1S/C26H30O9S3/c27-36(28,24-15-7-3-8-16-24)33-21-13-2-1-6-14-23(35-38(31,32)26-19-11-5-12-20-26)22-34-37(29,30)25-17-9-4-10-18-25/h3-5,7-12,15-20,23H,1-2,6,13-14,21-22H2. The SMILES string of the molecule is O=S(=O)(OCCCCCCC(COS(=O)(=O)c1ccccc1)OS(=O)(=O)c1ccccc1)c1ccccc1. The Morgan fingerprint density at radius 2 is 0.921 bits per heavy atom. The average Bonchev–Trinajstić information content (AvgIpc) is 2.92. The molecule has 3 aromatic rings. The van der Waals surface area contributed by atoms with Gasteiger partial charge >= 0.3 is 0 Å². The molecule has 0 aliphatic heterocycles. The lowest BCUT2D eigenvalue weighted by Crippen LogP contribution is -2.25. The predicted molar refractivity (Wildman–Crippen MR) is 141 cm³/mol. The monoisotopic (exact) mass is 582 g/mol. The molecule has 0 saturated carbocycles. The number of unbranched alkanes of at least 4 members (excludes halogenated alkanes) is 3. The quantitative estimate of drug-likeness (QED) is 0.177. The number of benzene rings is 3. The van der Waals surface area contributed by atoms with Crippen molar-refractivity contribution in [1.29, 1.82) is 0 Å². The molecule has 1 unspecified atom stereocenters. The van der Waals surface area contributed by atoms with Gasteiger partial charge in [-0.2, -0.15) is 25.3 Å². The van der Waals surface area contributed by atoms with Crippen LogP contribution in [0.25, 0.3) is 0 Å². The molecule has 3 rings (SSSR count). The molecule has 0 aromatic heterocycles. The molecule has 0 bridgehead atoms. The van der Waals surface area contributed by atoms with Gasteiger partial charge in [-0.3, -0.25) is 12.5 Å². The molecule has 1 atom stereocenters. The molecule has 206 valence electrons. The van der Waals surface area contributed by atoms with Gasteiger partial charge in [0.15, 0.2) is 0 Å². The van der Waals surface area contributed by atoms with E-state index in [0.717, 1.165) is 0 Å². The van der Waals surface area contributed by atoms with Crippen molar-refractivity contribution in [2.24, 2.45) is 0 Å². The average molecular weight is 583 g/mol. The van der Waals surface area contributed by atoms with Gasteiger partial charge in [-0.1, -0.05) is 73.9 Å². The Kier molecular flexibility index (Phi) is 11.0. The zero-order chi connectivity index (χ0) is 27.5. The van der Waals surface area contributed by atoms with Crippen molar-refractivity contribution in [2.45, 2.75) is 52.9 Å². The Balaban J connectivity index is 1.52. The van der Waals surface area contributed by atoms with Crippen LogP contribution >= 0.6 is 0 Å². The first-order chi connectivity index (χ1) is 18.1. The number of rotatable bonds is 16. The van der Waals surface area contributed by atoms with E-state index in [1.54, 1.807) is 54.6 Å². The fourth-order valence-corrected chi connectivity index (χ4v) is 6.49. The minimum absolute atomic E-state index is 0.0119. The summed E-state index contributed by atoms with van der Waals surface area (Å²) in [6, 6.07) is 22.9. The number of hydrogen-bond acceptors (Lipinski definition) is 9.